The lowest BCUT2D eigenvalue weighted by atomic mass is 10.1. The van der Waals surface area contributed by atoms with Gasteiger partial charge in [-0.05, 0) is 17.7 Å². The van der Waals surface area contributed by atoms with E-state index in [0.717, 1.165) is 22.8 Å². The summed E-state index contributed by atoms with van der Waals surface area (Å²) in [6.45, 7) is 2.05. The number of aromatic nitrogens is 5. The van der Waals surface area contributed by atoms with Gasteiger partial charge in [0.15, 0.2) is 5.76 Å². The van der Waals surface area contributed by atoms with E-state index in [-0.39, 0.29) is 6.04 Å². The highest BCUT2D eigenvalue weighted by Gasteiger charge is 2.23. The zero-order chi connectivity index (χ0) is 17.2. The van der Waals surface area contributed by atoms with Crippen LogP contribution in [0.1, 0.15) is 29.3 Å². The summed E-state index contributed by atoms with van der Waals surface area (Å²) in [7, 11) is 0. The Morgan fingerprint density at radius 1 is 1.12 bits per heavy atom. The predicted molar refractivity (Wildman–Crippen MR) is 95.1 cm³/mol. The van der Waals surface area contributed by atoms with Gasteiger partial charge in [0.25, 0.3) is 0 Å². The minimum atomic E-state index is -0.238. The van der Waals surface area contributed by atoms with E-state index in [1.165, 1.54) is 11.3 Å². The molecule has 4 aromatic rings. The number of rotatable bonds is 5. The maximum atomic E-state index is 5.77. The Balaban J connectivity index is 1.75. The van der Waals surface area contributed by atoms with Crippen LogP contribution in [0.2, 0.25) is 0 Å². The predicted octanol–water partition coefficient (Wildman–Crippen LogP) is 3.17. The fourth-order valence-electron chi connectivity index (χ4n) is 2.62. The zero-order valence-electron chi connectivity index (χ0n) is 13.5. The number of furan rings is 1. The average Bonchev–Trinajstić information content (AvgIpc) is 3.37. The lowest BCUT2D eigenvalue weighted by molar-refractivity contribution is 0.527. The van der Waals surface area contributed by atoms with Crippen LogP contribution in [0, 0.1) is 0 Å². The van der Waals surface area contributed by atoms with Crippen molar-refractivity contribution in [1.29, 1.82) is 0 Å². The van der Waals surface area contributed by atoms with Gasteiger partial charge in [-0.1, -0.05) is 53.8 Å². The summed E-state index contributed by atoms with van der Waals surface area (Å²) in [5.41, 5.74) is 7.48. The van der Waals surface area contributed by atoms with Gasteiger partial charge in [-0.25, -0.2) is 4.68 Å². The van der Waals surface area contributed by atoms with Crippen molar-refractivity contribution in [1.82, 2.24) is 25.2 Å². The summed E-state index contributed by atoms with van der Waals surface area (Å²) in [4.78, 5) is 0. The van der Waals surface area contributed by atoms with Crippen molar-refractivity contribution in [3.63, 3.8) is 0 Å². The highest BCUT2D eigenvalue weighted by molar-refractivity contribution is 7.15. The molecule has 1 atom stereocenters. The van der Waals surface area contributed by atoms with Crippen LogP contribution in [-0.4, -0.2) is 25.2 Å². The maximum absolute atomic E-state index is 5.77. The number of benzene rings is 1. The Hall–Kier alpha value is -3.00. The van der Waals surface area contributed by atoms with Crippen LogP contribution >= 0.6 is 11.3 Å². The third kappa shape index (κ3) is 3.03. The van der Waals surface area contributed by atoms with Crippen LogP contribution < -0.4 is 5.73 Å². The zero-order valence-corrected chi connectivity index (χ0v) is 14.3. The highest BCUT2D eigenvalue weighted by atomic mass is 32.1. The van der Waals surface area contributed by atoms with Gasteiger partial charge in [0.05, 0.1) is 6.20 Å². The molecule has 0 saturated heterocycles. The van der Waals surface area contributed by atoms with Crippen molar-refractivity contribution in [2.75, 3.05) is 5.73 Å². The van der Waals surface area contributed by atoms with Gasteiger partial charge in [0, 0.05) is 6.42 Å². The average molecular weight is 352 g/mol. The molecule has 0 saturated carbocycles. The molecule has 4 rings (SSSR count). The molecule has 25 heavy (non-hydrogen) atoms. The van der Waals surface area contributed by atoms with Crippen LogP contribution in [0.4, 0.5) is 5.13 Å². The first-order valence-electron chi connectivity index (χ1n) is 7.89. The molecule has 8 heteroatoms. The van der Waals surface area contributed by atoms with E-state index in [1.54, 1.807) is 4.68 Å². The van der Waals surface area contributed by atoms with Crippen LogP contribution in [0.15, 0.2) is 53.1 Å². The molecule has 0 spiro atoms. The molecular formula is C17H16N6OS. The fourth-order valence-corrected chi connectivity index (χ4v) is 3.36. The molecular weight excluding hydrogens is 336 g/mol. The third-order valence-corrected chi connectivity index (χ3v) is 4.65. The molecule has 126 valence electrons. The van der Waals surface area contributed by atoms with E-state index in [9.17, 15) is 0 Å². The summed E-state index contributed by atoms with van der Waals surface area (Å²) in [5, 5.41) is 17.9. The van der Waals surface area contributed by atoms with E-state index in [2.05, 4.69) is 20.5 Å². The van der Waals surface area contributed by atoms with Gasteiger partial charge in [-0.3, -0.25) is 0 Å². The first-order valence-corrected chi connectivity index (χ1v) is 8.71. The number of hydrogen-bond acceptors (Lipinski definition) is 7. The third-order valence-electron chi connectivity index (χ3n) is 3.84. The Bertz CT molecular complexity index is 974. The molecule has 0 bridgehead atoms. The Labute approximate surface area is 148 Å². The van der Waals surface area contributed by atoms with Crippen LogP contribution in [0.3, 0.4) is 0 Å². The van der Waals surface area contributed by atoms with Crippen molar-refractivity contribution in [3.05, 3.63) is 65.0 Å². The number of nitrogens with zero attached hydrogens (tertiary/aromatic N) is 5. The second-order valence-electron chi connectivity index (χ2n) is 5.50. The van der Waals surface area contributed by atoms with E-state index >= 15 is 0 Å². The monoisotopic (exact) mass is 352 g/mol. The molecule has 3 heterocycles. The number of aryl methyl sites for hydroxylation is 1. The minimum absolute atomic E-state index is 0.238. The van der Waals surface area contributed by atoms with E-state index in [1.807, 2.05) is 55.6 Å². The topological polar surface area (TPSA) is 95.7 Å². The molecule has 1 aromatic carbocycles. The molecule has 3 aromatic heterocycles. The van der Waals surface area contributed by atoms with Crippen molar-refractivity contribution in [2.24, 2.45) is 0 Å². The van der Waals surface area contributed by atoms with E-state index in [0.29, 0.717) is 16.6 Å². The van der Waals surface area contributed by atoms with Crippen molar-refractivity contribution in [3.8, 4) is 11.5 Å². The smallest absolute Gasteiger partial charge is 0.203 e. The molecule has 0 radical (unpaired) electrons. The lowest BCUT2D eigenvalue weighted by Gasteiger charge is -2.13. The fraction of sp³-hybridized carbons (Fsp3) is 0.176. The summed E-state index contributed by atoms with van der Waals surface area (Å²) < 4.78 is 7.53. The van der Waals surface area contributed by atoms with Gasteiger partial charge >= 0.3 is 0 Å². The highest BCUT2D eigenvalue weighted by Crippen LogP contribution is 2.30. The maximum Gasteiger partial charge on any atom is 0.203 e. The Morgan fingerprint density at radius 2 is 1.96 bits per heavy atom. The molecule has 0 aliphatic carbocycles. The van der Waals surface area contributed by atoms with Crippen LogP contribution in [0.25, 0.3) is 11.5 Å². The van der Waals surface area contributed by atoms with Crippen LogP contribution in [-0.2, 0) is 6.42 Å². The van der Waals surface area contributed by atoms with E-state index < -0.39 is 0 Å². The lowest BCUT2D eigenvalue weighted by Crippen LogP contribution is -2.13. The summed E-state index contributed by atoms with van der Waals surface area (Å²) in [6.07, 6.45) is 2.69. The molecule has 0 aliphatic heterocycles. The summed E-state index contributed by atoms with van der Waals surface area (Å²) in [6, 6.07) is 13.6. The quantitative estimate of drug-likeness (QED) is 0.593. The largest absolute Gasteiger partial charge is 0.459 e. The molecule has 0 fully saturated rings. The van der Waals surface area contributed by atoms with Gasteiger partial charge in [-0.2, -0.15) is 0 Å². The standard InChI is InChI=1S/C17H16N6OS/c1-2-12-8-9-14(24-12)13-10-23(22-19-13)15(11-6-4-3-5-7-11)16-20-21-17(18)25-16/h3-10,15H,2H2,1H3,(H2,18,21)/t15-/m1/s1. The van der Waals surface area contributed by atoms with Gasteiger partial charge in [-0.15, -0.1) is 15.3 Å². The molecule has 7 nitrogen and oxygen atoms in total. The first-order chi connectivity index (χ1) is 12.2. The van der Waals surface area contributed by atoms with Crippen LogP contribution in [0.5, 0.6) is 0 Å². The van der Waals surface area contributed by atoms with Gasteiger partial charge in [0.1, 0.15) is 22.5 Å². The molecule has 2 N–H and O–H groups in total. The number of hydrogen-bond donors (Lipinski definition) is 1. The molecule has 0 amide bonds. The summed E-state index contributed by atoms with van der Waals surface area (Å²) >= 11 is 1.34. The SMILES string of the molecule is CCc1ccc(-c2cn([C@H](c3ccccc3)c3nnc(N)s3)nn2)o1. The van der Waals surface area contributed by atoms with Gasteiger partial charge in [0.2, 0.25) is 5.13 Å². The second-order valence-corrected chi connectivity index (χ2v) is 6.54. The van der Waals surface area contributed by atoms with Crippen molar-refractivity contribution < 1.29 is 4.42 Å². The second kappa shape index (κ2) is 6.48. The first kappa shape index (κ1) is 15.5. The number of anilines is 1. The Kier molecular flexibility index (Phi) is 4.02. The number of nitrogen functional groups attached to an aromatic ring is 1. The van der Waals surface area contributed by atoms with Crippen molar-refractivity contribution in [2.45, 2.75) is 19.4 Å². The number of nitrogens with two attached hydrogens (primary N) is 1. The summed E-state index contributed by atoms with van der Waals surface area (Å²) in [5.74, 6) is 1.62. The normalized spacial score (nSPS) is 12.4. The minimum Gasteiger partial charge on any atom is -0.459 e. The van der Waals surface area contributed by atoms with Gasteiger partial charge < -0.3 is 10.2 Å². The molecule has 0 aliphatic rings. The molecule has 0 unspecified atom stereocenters. The van der Waals surface area contributed by atoms with Crippen molar-refractivity contribution >= 4 is 16.5 Å². The van der Waals surface area contributed by atoms with E-state index in [4.69, 9.17) is 10.2 Å². The Morgan fingerprint density at radius 3 is 2.64 bits per heavy atom.